The number of para-hydroxylation sites is 1. The fourth-order valence-electron chi connectivity index (χ4n) is 7.18. The van der Waals surface area contributed by atoms with Crippen LogP contribution in [0.25, 0.3) is 10.9 Å². The number of carbonyl (C=O) groups excluding carboxylic acids is 2. The average Bonchev–Trinajstić information content (AvgIpc) is 3.42. The number of likely N-dealkylation sites (N-methyl/N-ethyl adjacent to an activating group) is 1. The number of Topliss-reactive ketones (excluding diaryl/α,β-unsaturated/α-hetero) is 1. The average molecular weight is 544 g/mol. The van der Waals surface area contributed by atoms with E-state index in [-0.39, 0.29) is 11.7 Å². The number of nitrogens with one attached hydrogen (secondary N) is 1. The van der Waals surface area contributed by atoms with Crippen LogP contribution in [0.3, 0.4) is 0 Å². The number of ketones is 1. The van der Waals surface area contributed by atoms with Crippen molar-refractivity contribution in [1.82, 2.24) is 19.7 Å². The predicted molar refractivity (Wildman–Crippen MR) is 161 cm³/mol. The van der Waals surface area contributed by atoms with Gasteiger partial charge < -0.3 is 20.5 Å². The Morgan fingerprint density at radius 2 is 1.65 bits per heavy atom. The van der Waals surface area contributed by atoms with E-state index in [1.165, 1.54) is 24.8 Å². The molecule has 7 nitrogen and oxygen atoms in total. The van der Waals surface area contributed by atoms with Crippen molar-refractivity contribution >= 4 is 22.6 Å². The number of amides is 1. The van der Waals surface area contributed by atoms with E-state index in [1.54, 1.807) is 11.8 Å². The fraction of sp³-hybridized carbons (Fsp3) is 0.515. The lowest BCUT2D eigenvalue weighted by Crippen LogP contribution is -2.69. The van der Waals surface area contributed by atoms with Gasteiger partial charge in [-0.05, 0) is 74.9 Å². The van der Waals surface area contributed by atoms with Crippen LogP contribution >= 0.6 is 0 Å². The maximum atomic E-state index is 14.7. The summed E-state index contributed by atoms with van der Waals surface area (Å²) in [7, 11) is 1.81. The second kappa shape index (κ2) is 12.2. The van der Waals surface area contributed by atoms with E-state index in [2.05, 4.69) is 33.8 Å². The van der Waals surface area contributed by atoms with Crippen LogP contribution in [0.15, 0.2) is 54.7 Å². The number of aromatic amines is 1. The Labute approximate surface area is 238 Å². The van der Waals surface area contributed by atoms with Gasteiger partial charge in [-0.1, -0.05) is 55.8 Å². The molecule has 0 aliphatic carbocycles. The van der Waals surface area contributed by atoms with Gasteiger partial charge in [-0.25, -0.2) is 0 Å². The van der Waals surface area contributed by atoms with E-state index in [0.29, 0.717) is 25.7 Å². The number of likely N-dealkylation sites (tertiary alicyclic amines) is 2. The minimum atomic E-state index is -1.49. The lowest BCUT2D eigenvalue weighted by Gasteiger charge is -2.50. The van der Waals surface area contributed by atoms with Gasteiger partial charge in [-0.15, -0.1) is 0 Å². The molecule has 2 fully saturated rings. The summed E-state index contributed by atoms with van der Waals surface area (Å²) in [4.78, 5) is 38.5. The summed E-state index contributed by atoms with van der Waals surface area (Å²) in [5.41, 5.74) is 9.71. The number of fused-ring (bicyclic) bond motifs is 1. The lowest BCUT2D eigenvalue weighted by molar-refractivity contribution is -0.155. The van der Waals surface area contributed by atoms with Crippen LogP contribution in [0, 0.1) is 0 Å². The van der Waals surface area contributed by atoms with E-state index < -0.39 is 11.6 Å². The summed E-state index contributed by atoms with van der Waals surface area (Å²) < 4.78 is 0. The molecule has 3 N–H and O–H groups in total. The Kier molecular flexibility index (Phi) is 8.74. The molecule has 2 atom stereocenters. The maximum absolute atomic E-state index is 14.7. The molecule has 214 valence electrons. The van der Waals surface area contributed by atoms with Gasteiger partial charge >= 0.3 is 0 Å². The Morgan fingerprint density at radius 3 is 2.33 bits per heavy atom. The maximum Gasteiger partial charge on any atom is 0.252 e. The third-order valence-corrected chi connectivity index (χ3v) is 9.39. The topological polar surface area (TPSA) is 85.7 Å². The molecule has 0 saturated carbocycles. The minimum absolute atomic E-state index is 0.192. The zero-order valence-corrected chi connectivity index (χ0v) is 24.4. The van der Waals surface area contributed by atoms with Crippen LogP contribution in [-0.2, 0) is 22.6 Å². The third kappa shape index (κ3) is 5.22. The van der Waals surface area contributed by atoms with Crippen molar-refractivity contribution in [3.63, 3.8) is 0 Å². The van der Waals surface area contributed by atoms with E-state index in [9.17, 15) is 9.59 Å². The van der Waals surface area contributed by atoms with Gasteiger partial charge in [-0.3, -0.25) is 14.5 Å². The summed E-state index contributed by atoms with van der Waals surface area (Å²) in [6.45, 7) is 7.75. The minimum Gasteiger partial charge on any atom is -0.361 e. The second-order valence-electron chi connectivity index (χ2n) is 11.7. The molecule has 2 saturated heterocycles. The Balaban J connectivity index is 1.51. The number of rotatable bonds is 9. The van der Waals surface area contributed by atoms with Crippen molar-refractivity contribution in [3.8, 4) is 0 Å². The first-order valence-corrected chi connectivity index (χ1v) is 15.0. The van der Waals surface area contributed by atoms with Gasteiger partial charge in [0, 0.05) is 49.8 Å². The number of hydrogen-bond acceptors (Lipinski definition) is 5. The first kappa shape index (κ1) is 28.5. The molecule has 0 radical (unpaired) electrons. The quantitative estimate of drug-likeness (QED) is 0.383. The van der Waals surface area contributed by atoms with Crippen molar-refractivity contribution in [2.75, 3.05) is 33.2 Å². The van der Waals surface area contributed by atoms with Crippen molar-refractivity contribution in [1.29, 1.82) is 0 Å². The second-order valence-corrected chi connectivity index (χ2v) is 11.7. The first-order chi connectivity index (χ1) is 19.4. The highest BCUT2D eigenvalue weighted by atomic mass is 16.2. The molecule has 3 heterocycles. The molecular formula is C33H45N5O2. The van der Waals surface area contributed by atoms with Crippen molar-refractivity contribution < 1.29 is 9.59 Å². The van der Waals surface area contributed by atoms with Gasteiger partial charge in [-0.2, -0.15) is 0 Å². The molecule has 2 unspecified atom stereocenters. The highest BCUT2D eigenvalue weighted by molar-refractivity contribution is 6.11. The highest BCUT2D eigenvalue weighted by Gasteiger charge is 2.56. The van der Waals surface area contributed by atoms with Gasteiger partial charge in [0.25, 0.3) is 5.91 Å². The molecule has 2 aromatic carbocycles. The SMILES string of the molecule is CCc1ccccc1CN(C)C(=O)C(C(C)=O)(C(N)c1c[nH]c2ccccc12)N1CCC(N2CCCCC2)CC1. The number of nitrogens with two attached hydrogens (primary N) is 1. The summed E-state index contributed by atoms with van der Waals surface area (Å²) in [6.07, 6.45) is 8.46. The molecule has 5 rings (SSSR count). The zero-order chi connectivity index (χ0) is 28.3. The molecule has 3 aromatic rings. The molecule has 0 bridgehead atoms. The molecule has 1 amide bonds. The van der Waals surface area contributed by atoms with Gasteiger partial charge in [0.1, 0.15) is 0 Å². The van der Waals surface area contributed by atoms with Crippen molar-refractivity contribution in [3.05, 3.63) is 71.4 Å². The van der Waals surface area contributed by atoms with Gasteiger partial charge in [0.2, 0.25) is 0 Å². The molecule has 2 aliphatic rings. The molecule has 7 heteroatoms. The number of H-pyrrole nitrogens is 1. The van der Waals surface area contributed by atoms with Crippen LogP contribution in [0.4, 0.5) is 0 Å². The number of aromatic nitrogens is 1. The Morgan fingerprint density at radius 1 is 1.00 bits per heavy atom. The van der Waals surface area contributed by atoms with Crippen LogP contribution in [0.5, 0.6) is 0 Å². The normalized spacial score (nSPS) is 19.8. The molecule has 1 aromatic heterocycles. The number of nitrogens with zero attached hydrogens (tertiary/aromatic N) is 3. The van der Waals surface area contributed by atoms with Gasteiger partial charge in [0.05, 0.1) is 6.04 Å². The van der Waals surface area contributed by atoms with E-state index >= 15 is 0 Å². The molecular weight excluding hydrogens is 498 g/mol. The molecule has 2 aliphatic heterocycles. The number of piperidine rings is 2. The van der Waals surface area contributed by atoms with Crippen LogP contribution in [0.2, 0.25) is 0 Å². The van der Waals surface area contributed by atoms with E-state index in [0.717, 1.165) is 54.4 Å². The Bertz CT molecular complexity index is 1320. The summed E-state index contributed by atoms with van der Waals surface area (Å²) in [5.74, 6) is -0.414. The third-order valence-electron chi connectivity index (χ3n) is 9.39. The largest absolute Gasteiger partial charge is 0.361 e. The van der Waals surface area contributed by atoms with E-state index in [4.69, 9.17) is 5.73 Å². The van der Waals surface area contributed by atoms with Crippen LogP contribution < -0.4 is 5.73 Å². The first-order valence-electron chi connectivity index (χ1n) is 15.0. The van der Waals surface area contributed by atoms with Crippen LogP contribution in [0.1, 0.15) is 68.7 Å². The molecule has 40 heavy (non-hydrogen) atoms. The fourth-order valence-corrected chi connectivity index (χ4v) is 7.18. The predicted octanol–water partition coefficient (Wildman–Crippen LogP) is 4.67. The summed E-state index contributed by atoms with van der Waals surface area (Å²) in [6, 6.07) is 15.9. The standard InChI is InChI=1S/C33H45N5O2/c1-4-25-12-6-7-13-26(25)23-36(3)32(40)33(24(2)39,31(34)29-22-35-30-15-9-8-14-28(29)30)38-20-16-27(17-21-38)37-18-10-5-11-19-37/h6-9,12-15,22,27,31,35H,4-5,10-11,16-21,23,34H2,1-3H3. The Hall–Kier alpha value is -3.00. The number of hydrogen-bond donors (Lipinski definition) is 2. The van der Waals surface area contributed by atoms with Crippen molar-refractivity contribution in [2.24, 2.45) is 5.73 Å². The van der Waals surface area contributed by atoms with E-state index in [1.807, 2.05) is 49.6 Å². The smallest absolute Gasteiger partial charge is 0.252 e. The van der Waals surface area contributed by atoms with Crippen LogP contribution in [-0.4, -0.2) is 76.2 Å². The van der Waals surface area contributed by atoms with Gasteiger partial charge in [0.15, 0.2) is 11.3 Å². The number of aryl methyl sites for hydroxylation is 1. The lowest BCUT2D eigenvalue weighted by atomic mass is 9.77. The monoisotopic (exact) mass is 543 g/mol. The number of carbonyl (C=O) groups is 2. The van der Waals surface area contributed by atoms with Crippen molar-refractivity contribution in [2.45, 2.75) is 76.5 Å². The highest BCUT2D eigenvalue weighted by Crippen LogP contribution is 2.38. The molecule has 0 spiro atoms. The zero-order valence-electron chi connectivity index (χ0n) is 24.4. The number of benzene rings is 2. The summed E-state index contributed by atoms with van der Waals surface area (Å²) >= 11 is 0. The summed E-state index contributed by atoms with van der Waals surface area (Å²) in [5, 5.41) is 0.954.